The smallest absolute Gasteiger partial charge is 0.189 e. The second-order valence-electron chi connectivity index (χ2n) is 2.75. The lowest BCUT2D eigenvalue weighted by Gasteiger charge is -2.00. The molecule has 4 nitrogen and oxygen atoms in total. The van der Waals surface area contributed by atoms with Crippen LogP contribution in [0.15, 0.2) is 23.0 Å². The first-order valence-electron chi connectivity index (χ1n) is 4.28. The summed E-state index contributed by atoms with van der Waals surface area (Å²) in [5.74, 6) is 0.428. The van der Waals surface area contributed by atoms with E-state index in [2.05, 4.69) is 21.9 Å². The molecule has 14 heavy (non-hydrogen) atoms. The van der Waals surface area contributed by atoms with E-state index in [0.717, 1.165) is 10.7 Å². The van der Waals surface area contributed by atoms with E-state index in [9.17, 15) is 0 Å². The van der Waals surface area contributed by atoms with Crippen molar-refractivity contribution in [2.24, 2.45) is 10.7 Å². The summed E-state index contributed by atoms with van der Waals surface area (Å²) in [5.41, 5.74) is 6.61. The van der Waals surface area contributed by atoms with E-state index >= 15 is 0 Å². The Kier molecular flexibility index (Phi) is 4.12. The fraction of sp³-hybridized carbons (Fsp3) is 0.333. The zero-order valence-electron chi connectivity index (χ0n) is 8.16. The van der Waals surface area contributed by atoms with Gasteiger partial charge in [0.2, 0.25) is 0 Å². The summed E-state index contributed by atoms with van der Waals surface area (Å²) in [6.07, 6.45) is 1.73. The van der Waals surface area contributed by atoms with Gasteiger partial charge in [-0.25, -0.2) is 9.98 Å². The van der Waals surface area contributed by atoms with Gasteiger partial charge in [0.05, 0.1) is 6.54 Å². The molecular formula is C9H14N4S. The quantitative estimate of drug-likeness (QED) is 0.443. The Morgan fingerprint density at radius 1 is 1.86 bits per heavy atom. The van der Waals surface area contributed by atoms with Crippen LogP contribution in [0, 0.1) is 6.92 Å². The van der Waals surface area contributed by atoms with Gasteiger partial charge in [-0.05, 0) is 6.92 Å². The van der Waals surface area contributed by atoms with Crippen LogP contribution in [0.4, 0.5) is 0 Å². The summed E-state index contributed by atoms with van der Waals surface area (Å²) in [7, 11) is 0. The third-order valence-corrected chi connectivity index (χ3v) is 2.43. The zero-order chi connectivity index (χ0) is 10.4. The molecule has 0 aliphatic heterocycles. The third-order valence-electron chi connectivity index (χ3n) is 1.48. The van der Waals surface area contributed by atoms with E-state index in [1.807, 2.05) is 12.3 Å². The van der Waals surface area contributed by atoms with Crippen molar-refractivity contribution in [1.29, 1.82) is 0 Å². The molecule has 76 valence electrons. The van der Waals surface area contributed by atoms with Gasteiger partial charge in [0.15, 0.2) is 5.96 Å². The highest BCUT2D eigenvalue weighted by Gasteiger charge is 1.96. The number of nitrogens with zero attached hydrogens (tertiary/aromatic N) is 2. The number of hydrogen-bond donors (Lipinski definition) is 2. The van der Waals surface area contributed by atoms with Crippen molar-refractivity contribution in [2.75, 3.05) is 6.54 Å². The molecule has 1 rings (SSSR count). The van der Waals surface area contributed by atoms with Crippen molar-refractivity contribution in [3.63, 3.8) is 0 Å². The first-order chi connectivity index (χ1) is 6.72. The van der Waals surface area contributed by atoms with E-state index in [-0.39, 0.29) is 0 Å². The van der Waals surface area contributed by atoms with Gasteiger partial charge in [0.25, 0.3) is 0 Å². The zero-order valence-corrected chi connectivity index (χ0v) is 8.97. The summed E-state index contributed by atoms with van der Waals surface area (Å²) >= 11 is 1.59. The third kappa shape index (κ3) is 3.57. The van der Waals surface area contributed by atoms with Gasteiger partial charge in [-0.2, -0.15) is 0 Å². The maximum absolute atomic E-state index is 5.58. The van der Waals surface area contributed by atoms with Crippen molar-refractivity contribution in [3.05, 3.63) is 28.7 Å². The topological polar surface area (TPSA) is 63.3 Å². The molecule has 0 bridgehead atoms. The van der Waals surface area contributed by atoms with Crippen LogP contribution in [0.5, 0.6) is 0 Å². The van der Waals surface area contributed by atoms with Crippen molar-refractivity contribution < 1.29 is 0 Å². The lowest BCUT2D eigenvalue weighted by molar-refractivity contribution is 0.956. The first kappa shape index (κ1) is 10.7. The molecule has 1 aromatic heterocycles. The number of aryl methyl sites for hydroxylation is 1. The van der Waals surface area contributed by atoms with Crippen LogP contribution in [-0.4, -0.2) is 17.5 Å². The molecule has 0 spiro atoms. The Morgan fingerprint density at radius 2 is 2.64 bits per heavy atom. The minimum Gasteiger partial charge on any atom is -0.370 e. The summed E-state index contributed by atoms with van der Waals surface area (Å²) < 4.78 is 0. The van der Waals surface area contributed by atoms with Gasteiger partial charge in [-0.15, -0.1) is 17.9 Å². The minimum absolute atomic E-state index is 0.428. The molecule has 0 aliphatic carbocycles. The molecule has 0 saturated heterocycles. The lowest BCUT2D eigenvalue weighted by Crippen LogP contribution is -2.31. The Hall–Kier alpha value is -1.36. The average Bonchev–Trinajstić information content (AvgIpc) is 2.58. The van der Waals surface area contributed by atoms with E-state index in [0.29, 0.717) is 19.0 Å². The van der Waals surface area contributed by atoms with Crippen molar-refractivity contribution in [2.45, 2.75) is 13.5 Å². The lowest BCUT2D eigenvalue weighted by atomic mass is 10.6. The standard InChI is InChI=1S/C9H14N4S/c1-3-4-11-9(10)12-5-8-13-7(2)6-14-8/h3,6H,1,4-5H2,2H3,(H3,10,11,12). The van der Waals surface area contributed by atoms with Crippen LogP contribution >= 0.6 is 11.3 Å². The molecule has 1 aromatic rings. The van der Waals surface area contributed by atoms with Crippen molar-refractivity contribution in [3.8, 4) is 0 Å². The number of aromatic nitrogens is 1. The first-order valence-corrected chi connectivity index (χ1v) is 5.16. The molecule has 3 N–H and O–H groups in total. The summed E-state index contributed by atoms with van der Waals surface area (Å²) in [6.45, 7) is 6.70. The highest BCUT2D eigenvalue weighted by molar-refractivity contribution is 7.09. The monoisotopic (exact) mass is 210 g/mol. The second-order valence-corrected chi connectivity index (χ2v) is 3.70. The van der Waals surface area contributed by atoms with E-state index in [1.165, 1.54) is 0 Å². The number of aliphatic imine (C=N–C) groups is 1. The van der Waals surface area contributed by atoms with Crippen LogP contribution in [0.25, 0.3) is 0 Å². The Balaban J connectivity index is 2.41. The SMILES string of the molecule is C=CCNC(N)=NCc1nc(C)cs1. The van der Waals surface area contributed by atoms with Gasteiger partial charge in [0.1, 0.15) is 5.01 Å². The fourth-order valence-corrected chi connectivity index (χ4v) is 1.56. The predicted molar refractivity (Wildman–Crippen MR) is 60.4 cm³/mol. The molecular weight excluding hydrogens is 196 g/mol. The van der Waals surface area contributed by atoms with Crippen molar-refractivity contribution in [1.82, 2.24) is 10.3 Å². The second kappa shape index (κ2) is 5.39. The molecule has 0 fully saturated rings. The normalized spacial score (nSPS) is 11.4. The Bertz CT molecular complexity index is 329. The number of hydrogen-bond acceptors (Lipinski definition) is 3. The molecule has 0 radical (unpaired) electrons. The highest BCUT2D eigenvalue weighted by atomic mass is 32.1. The van der Waals surface area contributed by atoms with Gasteiger partial charge in [0, 0.05) is 17.6 Å². The Labute approximate surface area is 87.6 Å². The van der Waals surface area contributed by atoms with Gasteiger partial charge >= 0.3 is 0 Å². The molecule has 0 amide bonds. The number of nitrogens with two attached hydrogens (primary N) is 1. The van der Waals surface area contributed by atoms with Gasteiger partial charge < -0.3 is 11.1 Å². The van der Waals surface area contributed by atoms with E-state index in [1.54, 1.807) is 17.4 Å². The van der Waals surface area contributed by atoms with E-state index < -0.39 is 0 Å². The highest BCUT2D eigenvalue weighted by Crippen LogP contribution is 2.09. The maximum atomic E-state index is 5.58. The molecule has 1 heterocycles. The number of rotatable bonds is 4. The summed E-state index contributed by atoms with van der Waals surface area (Å²) in [5, 5.41) is 5.87. The Morgan fingerprint density at radius 3 is 3.21 bits per heavy atom. The van der Waals surface area contributed by atoms with Crippen LogP contribution in [0.3, 0.4) is 0 Å². The van der Waals surface area contributed by atoms with Crippen LogP contribution < -0.4 is 11.1 Å². The maximum Gasteiger partial charge on any atom is 0.189 e. The van der Waals surface area contributed by atoms with Gasteiger partial charge in [-0.3, -0.25) is 0 Å². The van der Waals surface area contributed by atoms with Crippen LogP contribution in [-0.2, 0) is 6.54 Å². The van der Waals surface area contributed by atoms with Crippen LogP contribution in [0.2, 0.25) is 0 Å². The summed E-state index contributed by atoms with van der Waals surface area (Å²) in [4.78, 5) is 8.40. The number of guanidine groups is 1. The molecule has 0 atom stereocenters. The molecule has 0 unspecified atom stereocenters. The van der Waals surface area contributed by atoms with Crippen LogP contribution in [0.1, 0.15) is 10.7 Å². The average molecular weight is 210 g/mol. The minimum atomic E-state index is 0.428. The largest absolute Gasteiger partial charge is 0.370 e. The molecule has 0 aromatic carbocycles. The fourth-order valence-electron chi connectivity index (χ4n) is 0.861. The molecule has 5 heteroatoms. The number of thiazole rings is 1. The summed E-state index contributed by atoms with van der Waals surface area (Å²) in [6, 6.07) is 0. The number of nitrogens with one attached hydrogen (secondary N) is 1. The van der Waals surface area contributed by atoms with Gasteiger partial charge in [-0.1, -0.05) is 6.08 Å². The predicted octanol–water partition coefficient (Wildman–Crippen LogP) is 1.04. The van der Waals surface area contributed by atoms with E-state index in [4.69, 9.17) is 5.73 Å². The molecule has 0 saturated carbocycles. The molecule has 0 aliphatic rings. The van der Waals surface area contributed by atoms with Crippen molar-refractivity contribution >= 4 is 17.3 Å².